The summed E-state index contributed by atoms with van der Waals surface area (Å²) in [7, 11) is 5.74. The number of rotatable bonds is 7. The molecule has 3 aromatic rings. The Morgan fingerprint density at radius 3 is 2.58 bits per heavy atom. The van der Waals surface area contributed by atoms with Crippen molar-refractivity contribution < 1.29 is 9.21 Å². The normalized spacial score (nSPS) is 15.2. The Balaban J connectivity index is 1.72. The Morgan fingerprint density at radius 2 is 1.87 bits per heavy atom. The predicted octanol–water partition coefficient (Wildman–Crippen LogP) is 4.40. The molecular weight excluding hydrogens is 392 g/mol. The lowest BCUT2D eigenvalue weighted by atomic mass is 10.0. The fourth-order valence-corrected chi connectivity index (χ4v) is 3.92. The van der Waals surface area contributed by atoms with E-state index in [9.17, 15) is 9.70 Å². The first-order valence-corrected chi connectivity index (χ1v) is 10.4. The van der Waals surface area contributed by atoms with Crippen LogP contribution in [-0.2, 0) is 6.42 Å². The Morgan fingerprint density at radius 1 is 1.10 bits per heavy atom. The van der Waals surface area contributed by atoms with E-state index < -0.39 is 0 Å². The van der Waals surface area contributed by atoms with Gasteiger partial charge in [-0.2, -0.15) is 4.91 Å². The summed E-state index contributed by atoms with van der Waals surface area (Å²) in [5.74, 6) is 0.781. The maximum absolute atomic E-state index is 13.2. The molecule has 1 amide bonds. The van der Waals surface area contributed by atoms with Crippen LogP contribution >= 0.6 is 0 Å². The molecule has 0 radical (unpaired) electrons. The van der Waals surface area contributed by atoms with Crippen molar-refractivity contribution in [3.05, 3.63) is 70.6 Å². The fraction of sp³-hybridized carbons (Fsp3) is 0.333. The molecule has 1 aromatic carbocycles. The van der Waals surface area contributed by atoms with E-state index in [0.717, 1.165) is 47.2 Å². The topological polar surface area (TPSA) is 79.0 Å². The number of amides is 1. The van der Waals surface area contributed by atoms with Crippen LogP contribution in [0.2, 0.25) is 0 Å². The van der Waals surface area contributed by atoms with Crippen molar-refractivity contribution in [1.82, 2.24) is 14.8 Å². The summed E-state index contributed by atoms with van der Waals surface area (Å²) >= 11 is 0. The summed E-state index contributed by atoms with van der Waals surface area (Å²) in [6.45, 7) is 1.35. The van der Waals surface area contributed by atoms with E-state index in [2.05, 4.69) is 10.2 Å². The monoisotopic (exact) mass is 418 g/mol. The highest BCUT2D eigenvalue weighted by atomic mass is 16.4. The van der Waals surface area contributed by atoms with Crippen LogP contribution in [0.25, 0.3) is 22.5 Å². The Hall–Kier alpha value is -3.32. The van der Waals surface area contributed by atoms with Crippen LogP contribution in [0.15, 0.2) is 58.4 Å². The fourth-order valence-electron chi connectivity index (χ4n) is 3.92. The Labute approximate surface area is 181 Å². The number of aryl methyl sites for hydroxylation is 1. The Bertz CT molecular complexity index is 1090. The van der Waals surface area contributed by atoms with Crippen LogP contribution in [0, 0.1) is 4.91 Å². The van der Waals surface area contributed by atoms with E-state index >= 15 is 0 Å². The van der Waals surface area contributed by atoms with Crippen molar-refractivity contribution in [2.45, 2.75) is 18.9 Å². The minimum atomic E-state index is -0.268. The van der Waals surface area contributed by atoms with Crippen LogP contribution < -0.4 is 0 Å². The zero-order valence-corrected chi connectivity index (χ0v) is 18.0. The summed E-state index contributed by atoms with van der Waals surface area (Å²) in [6, 6.07) is 11.3. The first-order chi connectivity index (χ1) is 15.0. The molecule has 160 valence electrons. The Kier molecular flexibility index (Phi) is 5.95. The number of likely N-dealkylation sites (N-methyl/N-ethyl adjacent to an activating group) is 2. The maximum Gasteiger partial charge on any atom is 0.290 e. The maximum atomic E-state index is 13.2. The summed E-state index contributed by atoms with van der Waals surface area (Å²) in [5.41, 5.74) is 4.60. The third-order valence-electron chi connectivity index (χ3n) is 5.75. The van der Waals surface area contributed by atoms with Crippen molar-refractivity contribution >= 4 is 5.91 Å². The van der Waals surface area contributed by atoms with Crippen LogP contribution in [0.5, 0.6) is 0 Å². The summed E-state index contributed by atoms with van der Waals surface area (Å²) < 4.78 is 6.15. The zero-order chi connectivity index (χ0) is 22.0. The first-order valence-electron chi connectivity index (χ1n) is 10.4. The molecule has 0 N–H and O–H groups in total. The van der Waals surface area contributed by atoms with Gasteiger partial charge < -0.3 is 14.2 Å². The van der Waals surface area contributed by atoms with E-state index in [1.807, 2.05) is 55.4 Å². The largest absolute Gasteiger partial charge is 0.450 e. The molecule has 1 aliphatic rings. The molecule has 1 aliphatic carbocycles. The molecule has 0 bridgehead atoms. The number of hydrogen-bond donors (Lipinski definition) is 0. The number of carbonyl (C=O) groups excluding carboxylic acids is 1. The highest BCUT2D eigenvalue weighted by Crippen LogP contribution is 2.38. The lowest BCUT2D eigenvalue weighted by Crippen LogP contribution is -2.33. The summed E-state index contributed by atoms with van der Waals surface area (Å²) in [5, 5.41) is 3.23. The van der Waals surface area contributed by atoms with Crippen LogP contribution in [0.4, 0.5) is 0 Å². The second kappa shape index (κ2) is 8.81. The molecule has 0 saturated carbocycles. The molecule has 0 fully saturated rings. The predicted molar refractivity (Wildman–Crippen MR) is 120 cm³/mol. The third-order valence-corrected chi connectivity index (χ3v) is 5.75. The van der Waals surface area contributed by atoms with Gasteiger partial charge in [-0.3, -0.25) is 9.78 Å². The van der Waals surface area contributed by atoms with Gasteiger partial charge >= 0.3 is 0 Å². The minimum Gasteiger partial charge on any atom is -0.450 e. The smallest absolute Gasteiger partial charge is 0.290 e. The van der Waals surface area contributed by atoms with Crippen LogP contribution in [0.3, 0.4) is 0 Å². The second-order valence-electron chi connectivity index (χ2n) is 8.19. The molecule has 1 atom stereocenters. The van der Waals surface area contributed by atoms with Gasteiger partial charge in [0.25, 0.3) is 5.91 Å². The molecule has 0 saturated heterocycles. The third kappa shape index (κ3) is 4.27. The van der Waals surface area contributed by atoms with Gasteiger partial charge in [0.15, 0.2) is 5.76 Å². The van der Waals surface area contributed by atoms with E-state index in [0.29, 0.717) is 18.1 Å². The quantitative estimate of drug-likeness (QED) is 0.532. The van der Waals surface area contributed by atoms with Gasteiger partial charge in [-0.1, -0.05) is 17.3 Å². The van der Waals surface area contributed by atoms with Gasteiger partial charge in [0, 0.05) is 43.7 Å². The number of fused-ring (bicyclic) bond motifs is 1. The average Bonchev–Trinajstić information content (AvgIpc) is 3.41. The highest BCUT2D eigenvalue weighted by molar-refractivity contribution is 5.99. The standard InChI is InChI=1S/C24H26N4O3/c1-27(2)12-13-28(3)24(29)23-20(16-8-10-25-11-9-16)15-22(31-23)18-4-6-19-17(14-18)5-7-21(19)26-30/h4,6,8-11,14-15,21H,5,7,12-13H2,1-3H3. The van der Waals surface area contributed by atoms with Crippen molar-refractivity contribution in [2.24, 2.45) is 5.18 Å². The molecule has 1 unspecified atom stereocenters. The molecule has 4 rings (SSSR count). The van der Waals surface area contributed by atoms with E-state index in [1.54, 1.807) is 24.3 Å². The van der Waals surface area contributed by atoms with Crippen molar-refractivity contribution in [3.8, 4) is 22.5 Å². The van der Waals surface area contributed by atoms with E-state index in [-0.39, 0.29) is 11.9 Å². The number of nitroso groups, excluding NO2 is 1. The highest BCUT2D eigenvalue weighted by Gasteiger charge is 2.26. The summed E-state index contributed by atoms with van der Waals surface area (Å²) in [4.78, 5) is 32.1. The lowest BCUT2D eigenvalue weighted by Gasteiger charge is -2.19. The molecule has 7 nitrogen and oxygen atoms in total. The van der Waals surface area contributed by atoms with Crippen LogP contribution in [-0.4, -0.2) is 54.9 Å². The molecule has 2 aromatic heterocycles. The average molecular weight is 418 g/mol. The molecule has 31 heavy (non-hydrogen) atoms. The zero-order valence-electron chi connectivity index (χ0n) is 18.0. The number of aromatic nitrogens is 1. The number of furan rings is 1. The molecule has 7 heteroatoms. The lowest BCUT2D eigenvalue weighted by molar-refractivity contribution is 0.0757. The van der Waals surface area contributed by atoms with Gasteiger partial charge in [0.2, 0.25) is 0 Å². The van der Waals surface area contributed by atoms with Crippen molar-refractivity contribution in [2.75, 3.05) is 34.2 Å². The minimum absolute atomic E-state index is 0.161. The van der Waals surface area contributed by atoms with Gasteiger partial charge in [0.05, 0.1) is 0 Å². The second-order valence-corrected chi connectivity index (χ2v) is 8.19. The SMILES string of the molecule is CN(C)CCN(C)C(=O)c1oc(-c2ccc3c(c2)CCC3N=O)cc1-c1ccncc1. The van der Waals surface area contributed by atoms with Gasteiger partial charge in [0.1, 0.15) is 11.8 Å². The van der Waals surface area contributed by atoms with Crippen molar-refractivity contribution in [1.29, 1.82) is 0 Å². The number of carbonyl (C=O) groups is 1. The molecule has 0 aliphatic heterocycles. The number of nitrogens with zero attached hydrogens (tertiary/aromatic N) is 4. The van der Waals surface area contributed by atoms with Gasteiger partial charge in [-0.15, -0.1) is 0 Å². The van der Waals surface area contributed by atoms with Crippen molar-refractivity contribution in [3.63, 3.8) is 0 Å². The van der Waals surface area contributed by atoms with E-state index in [1.165, 1.54) is 0 Å². The van der Waals surface area contributed by atoms with E-state index in [4.69, 9.17) is 4.42 Å². The number of hydrogen-bond acceptors (Lipinski definition) is 6. The first kappa shape index (κ1) is 20.9. The molecular formula is C24H26N4O3. The van der Waals surface area contributed by atoms with Gasteiger partial charge in [-0.05, 0) is 67.9 Å². The number of benzene rings is 1. The van der Waals surface area contributed by atoms with Gasteiger partial charge in [-0.25, -0.2) is 0 Å². The molecule has 2 heterocycles. The number of pyridine rings is 1. The summed E-state index contributed by atoms with van der Waals surface area (Å²) in [6.07, 6.45) is 4.96. The van der Waals surface area contributed by atoms with Crippen LogP contribution in [0.1, 0.15) is 34.1 Å². The molecule has 0 spiro atoms.